The van der Waals surface area contributed by atoms with E-state index in [0.717, 1.165) is 20.9 Å². The number of aromatic nitrogens is 2. The quantitative estimate of drug-likeness (QED) is 0.766. The van der Waals surface area contributed by atoms with Crippen LogP contribution in [0.4, 0.5) is 0 Å². The molecule has 0 spiro atoms. The van der Waals surface area contributed by atoms with Crippen molar-refractivity contribution in [1.29, 1.82) is 0 Å². The average molecular weight is 196 g/mol. The molecule has 2 aromatic rings. The van der Waals surface area contributed by atoms with Gasteiger partial charge in [-0.2, -0.15) is 0 Å². The Morgan fingerprint density at radius 1 is 1.77 bits per heavy atom. The molecule has 2 aromatic heterocycles. The number of hydrogen-bond donors (Lipinski definition) is 2. The van der Waals surface area contributed by atoms with Gasteiger partial charge in [-0.3, -0.25) is 4.79 Å². The monoisotopic (exact) mass is 196 g/mol. The van der Waals surface area contributed by atoms with Gasteiger partial charge in [0.15, 0.2) is 0 Å². The molecular weight excluding hydrogens is 188 g/mol. The lowest BCUT2D eigenvalue weighted by Crippen LogP contribution is -1.98. The van der Waals surface area contributed by atoms with E-state index in [2.05, 4.69) is 9.97 Å². The van der Waals surface area contributed by atoms with Gasteiger partial charge in [0.05, 0.1) is 16.1 Å². The molecule has 0 aliphatic carbocycles. The van der Waals surface area contributed by atoms with Crippen LogP contribution in [0.5, 0.6) is 0 Å². The third kappa shape index (κ3) is 1.42. The first-order chi connectivity index (χ1) is 6.16. The van der Waals surface area contributed by atoms with Crippen LogP contribution < -0.4 is 0 Å². The number of carbonyl (C=O) groups is 1. The SMILES string of the molecule is Cc1nc2[nH]cc(CC(=O)O)c2s1. The molecule has 4 nitrogen and oxygen atoms in total. The van der Waals surface area contributed by atoms with Crippen LogP contribution in [0.3, 0.4) is 0 Å². The van der Waals surface area contributed by atoms with Crippen LogP contribution in [0.15, 0.2) is 6.20 Å². The molecule has 2 heterocycles. The Labute approximate surface area is 78.2 Å². The van der Waals surface area contributed by atoms with Crippen LogP contribution in [-0.2, 0) is 11.2 Å². The van der Waals surface area contributed by atoms with Crippen LogP contribution in [0, 0.1) is 6.92 Å². The summed E-state index contributed by atoms with van der Waals surface area (Å²) in [6.07, 6.45) is 1.77. The van der Waals surface area contributed by atoms with Gasteiger partial charge in [-0.25, -0.2) is 4.98 Å². The maximum atomic E-state index is 10.5. The van der Waals surface area contributed by atoms with Gasteiger partial charge in [-0.05, 0) is 6.92 Å². The first-order valence-electron chi connectivity index (χ1n) is 3.82. The molecule has 0 atom stereocenters. The Morgan fingerprint density at radius 2 is 2.54 bits per heavy atom. The number of aromatic amines is 1. The second kappa shape index (κ2) is 2.85. The number of nitrogens with zero attached hydrogens (tertiary/aromatic N) is 1. The number of thiazole rings is 1. The summed E-state index contributed by atoms with van der Waals surface area (Å²) in [7, 11) is 0. The number of carboxylic acid groups (broad SMARTS) is 1. The molecule has 0 bridgehead atoms. The molecule has 0 radical (unpaired) electrons. The minimum atomic E-state index is -0.813. The Kier molecular flexibility index (Phi) is 1.81. The van der Waals surface area contributed by atoms with Gasteiger partial charge in [0.1, 0.15) is 5.65 Å². The molecule has 0 unspecified atom stereocenters. The topological polar surface area (TPSA) is 66.0 Å². The fourth-order valence-corrected chi connectivity index (χ4v) is 2.15. The zero-order valence-electron chi connectivity index (χ0n) is 7.00. The summed E-state index contributed by atoms with van der Waals surface area (Å²) in [6.45, 7) is 1.91. The van der Waals surface area contributed by atoms with Crippen molar-refractivity contribution in [1.82, 2.24) is 9.97 Å². The molecule has 2 N–H and O–H groups in total. The minimum Gasteiger partial charge on any atom is -0.481 e. The molecular formula is C8H8N2O2S. The normalized spacial score (nSPS) is 10.8. The van der Waals surface area contributed by atoms with Gasteiger partial charge in [0.2, 0.25) is 0 Å². The van der Waals surface area contributed by atoms with E-state index in [4.69, 9.17) is 5.11 Å². The lowest BCUT2D eigenvalue weighted by atomic mass is 10.2. The van der Waals surface area contributed by atoms with Crippen molar-refractivity contribution in [3.63, 3.8) is 0 Å². The van der Waals surface area contributed by atoms with Crippen LogP contribution >= 0.6 is 11.3 Å². The number of aryl methyl sites for hydroxylation is 1. The molecule has 0 saturated heterocycles. The zero-order chi connectivity index (χ0) is 9.42. The first-order valence-corrected chi connectivity index (χ1v) is 4.63. The number of H-pyrrole nitrogens is 1. The average Bonchev–Trinajstić information content (AvgIpc) is 2.51. The van der Waals surface area contributed by atoms with Gasteiger partial charge in [0, 0.05) is 11.8 Å². The number of hydrogen-bond acceptors (Lipinski definition) is 3. The van der Waals surface area contributed by atoms with Crippen LogP contribution in [0.1, 0.15) is 10.6 Å². The lowest BCUT2D eigenvalue weighted by molar-refractivity contribution is -0.136. The number of aliphatic carboxylic acids is 1. The minimum absolute atomic E-state index is 0.0572. The predicted octanol–water partition coefficient (Wildman–Crippen LogP) is 1.56. The molecule has 0 amide bonds. The van der Waals surface area contributed by atoms with Crippen molar-refractivity contribution < 1.29 is 9.90 Å². The molecule has 0 aliphatic rings. The van der Waals surface area contributed by atoms with Crippen molar-refractivity contribution in [2.24, 2.45) is 0 Å². The predicted molar refractivity (Wildman–Crippen MR) is 50.0 cm³/mol. The zero-order valence-corrected chi connectivity index (χ0v) is 7.81. The van der Waals surface area contributed by atoms with Crippen molar-refractivity contribution in [2.45, 2.75) is 13.3 Å². The smallest absolute Gasteiger partial charge is 0.307 e. The Hall–Kier alpha value is -1.36. The van der Waals surface area contributed by atoms with E-state index in [1.165, 1.54) is 11.3 Å². The Morgan fingerprint density at radius 3 is 3.23 bits per heavy atom. The second-order valence-electron chi connectivity index (χ2n) is 2.80. The van der Waals surface area contributed by atoms with Crippen molar-refractivity contribution >= 4 is 27.7 Å². The Balaban J connectivity index is 2.50. The van der Waals surface area contributed by atoms with Crippen LogP contribution in [-0.4, -0.2) is 21.0 Å². The summed E-state index contributed by atoms with van der Waals surface area (Å²) in [4.78, 5) is 17.6. The summed E-state index contributed by atoms with van der Waals surface area (Å²) in [5.41, 5.74) is 1.60. The maximum Gasteiger partial charge on any atom is 0.307 e. The number of nitrogens with one attached hydrogen (secondary N) is 1. The summed E-state index contributed by atoms with van der Waals surface area (Å²) in [5.74, 6) is -0.813. The fourth-order valence-electron chi connectivity index (χ4n) is 1.26. The highest BCUT2D eigenvalue weighted by atomic mass is 32.1. The molecule has 0 fully saturated rings. The Bertz CT molecular complexity index is 458. The van der Waals surface area contributed by atoms with Gasteiger partial charge < -0.3 is 10.1 Å². The fraction of sp³-hybridized carbons (Fsp3) is 0.250. The molecule has 0 saturated carbocycles. The molecule has 0 aromatic carbocycles. The van der Waals surface area contributed by atoms with E-state index in [0.29, 0.717) is 0 Å². The van der Waals surface area contributed by atoms with E-state index < -0.39 is 5.97 Å². The molecule has 68 valence electrons. The lowest BCUT2D eigenvalue weighted by Gasteiger charge is -1.88. The van der Waals surface area contributed by atoms with Gasteiger partial charge in [-0.15, -0.1) is 11.3 Å². The van der Waals surface area contributed by atoms with E-state index in [1.54, 1.807) is 6.20 Å². The summed E-state index contributed by atoms with van der Waals surface area (Å²) in [5, 5.41) is 9.57. The number of rotatable bonds is 2. The highest BCUT2D eigenvalue weighted by Gasteiger charge is 2.10. The number of fused-ring (bicyclic) bond motifs is 1. The van der Waals surface area contributed by atoms with Crippen molar-refractivity contribution in [3.8, 4) is 0 Å². The molecule has 5 heteroatoms. The number of carboxylic acids is 1. The van der Waals surface area contributed by atoms with Crippen molar-refractivity contribution in [2.75, 3.05) is 0 Å². The summed E-state index contributed by atoms with van der Waals surface area (Å²) >= 11 is 1.52. The largest absolute Gasteiger partial charge is 0.481 e. The molecule has 2 rings (SSSR count). The van der Waals surface area contributed by atoms with Gasteiger partial charge >= 0.3 is 5.97 Å². The van der Waals surface area contributed by atoms with E-state index in [1.807, 2.05) is 6.92 Å². The van der Waals surface area contributed by atoms with E-state index in [-0.39, 0.29) is 6.42 Å². The van der Waals surface area contributed by atoms with Gasteiger partial charge in [-0.1, -0.05) is 0 Å². The standard InChI is InChI=1S/C8H8N2O2S/c1-4-10-8-7(13-4)5(3-9-8)2-6(11)12/h3,9H,2H2,1H3,(H,11,12). The summed E-state index contributed by atoms with van der Waals surface area (Å²) in [6, 6.07) is 0. The molecule has 0 aliphatic heterocycles. The van der Waals surface area contributed by atoms with E-state index >= 15 is 0 Å². The van der Waals surface area contributed by atoms with Crippen LogP contribution in [0.2, 0.25) is 0 Å². The van der Waals surface area contributed by atoms with Crippen LogP contribution in [0.25, 0.3) is 10.3 Å². The first kappa shape index (κ1) is 8.25. The van der Waals surface area contributed by atoms with Gasteiger partial charge in [0.25, 0.3) is 0 Å². The summed E-state index contributed by atoms with van der Waals surface area (Å²) < 4.78 is 0.958. The van der Waals surface area contributed by atoms with Crippen molar-refractivity contribution in [3.05, 3.63) is 16.8 Å². The highest BCUT2D eigenvalue weighted by molar-refractivity contribution is 7.18. The second-order valence-corrected chi connectivity index (χ2v) is 4.00. The molecule has 13 heavy (non-hydrogen) atoms. The maximum absolute atomic E-state index is 10.5. The third-order valence-corrected chi connectivity index (χ3v) is 2.80. The third-order valence-electron chi connectivity index (χ3n) is 1.75. The van der Waals surface area contributed by atoms with E-state index in [9.17, 15) is 4.79 Å². The highest BCUT2D eigenvalue weighted by Crippen LogP contribution is 2.24.